The van der Waals surface area contributed by atoms with Gasteiger partial charge in [-0.2, -0.15) is 0 Å². The Hall–Kier alpha value is -1.54. The van der Waals surface area contributed by atoms with E-state index in [1.807, 2.05) is 0 Å². The second-order valence-corrected chi connectivity index (χ2v) is 5.41. The predicted molar refractivity (Wildman–Crippen MR) is 83.0 cm³/mol. The molecular weight excluding hydrogens is 315 g/mol. The van der Waals surface area contributed by atoms with E-state index in [0.717, 1.165) is 26.2 Å². The Morgan fingerprint density at radius 3 is 2.41 bits per heavy atom. The van der Waals surface area contributed by atoms with Crippen molar-refractivity contribution in [2.45, 2.75) is 19.2 Å². The van der Waals surface area contributed by atoms with Crippen LogP contribution in [0.4, 0.5) is 18.9 Å². The quantitative estimate of drug-likeness (QED) is 0.810. The highest BCUT2D eigenvalue weighted by molar-refractivity contribution is 7.80. The lowest BCUT2D eigenvalue weighted by Gasteiger charge is -2.16. The van der Waals surface area contributed by atoms with Crippen LogP contribution in [0.3, 0.4) is 0 Å². The van der Waals surface area contributed by atoms with Gasteiger partial charge in [0.15, 0.2) is 5.11 Å². The van der Waals surface area contributed by atoms with Crippen molar-refractivity contribution in [1.82, 2.24) is 10.2 Å². The molecule has 4 nitrogen and oxygen atoms in total. The zero-order valence-electron chi connectivity index (χ0n) is 11.9. The van der Waals surface area contributed by atoms with E-state index >= 15 is 0 Å². The van der Waals surface area contributed by atoms with Gasteiger partial charge < -0.3 is 20.3 Å². The third kappa shape index (κ3) is 6.07. The summed E-state index contributed by atoms with van der Waals surface area (Å²) in [5, 5.41) is 6.45. The third-order valence-electron chi connectivity index (χ3n) is 3.26. The van der Waals surface area contributed by atoms with Gasteiger partial charge in [-0.15, -0.1) is 13.2 Å². The van der Waals surface area contributed by atoms with E-state index in [2.05, 4.69) is 20.3 Å². The van der Waals surface area contributed by atoms with Crippen LogP contribution in [0, 0.1) is 0 Å². The van der Waals surface area contributed by atoms with Crippen molar-refractivity contribution in [2.24, 2.45) is 0 Å². The van der Waals surface area contributed by atoms with E-state index in [9.17, 15) is 13.2 Å². The minimum atomic E-state index is -4.68. The Kier molecular flexibility index (Phi) is 5.84. The second-order valence-electron chi connectivity index (χ2n) is 5.00. The molecular formula is C14H18F3N3OS. The topological polar surface area (TPSA) is 36.5 Å². The molecule has 2 N–H and O–H groups in total. The van der Waals surface area contributed by atoms with Crippen molar-refractivity contribution in [2.75, 3.05) is 31.5 Å². The number of alkyl halides is 3. The highest BCUT2D eigenvalue weighted by atomic mass is 32.1. The molecule has 1 aliphatic heterocycles. The average Bonchev–Trinajstić information content (AvgIpc) is 2.92. The van der Waals surface area contributed by atoms with Crippen LogP contribution < -0.4 is 15.4 Å². The highest BCUT2D eigenvalue weighted by Gasteiger charge is 2.30. The number of rotatable bonds is 5. The fourth-order valence-corrected chi connectivity index (χ4v) is 2.47. The molecule has 0 radical (unpaired) electrons. The van der Waals surface area contributed by atoms with Crippen molar-refractivity contribution in [1.29, 1.82) is 0 Å². The summed E-state index contributed by atoms with van der Waals surface area (Å²) in [5.74, 6) is -0.258. The van der Waals surface area contributed by atoms with Crippen molar-refractivity contribution < 1.29 is 17.9 Å². The third-order valence-corrected chi connectivity index (χ3v) is 3.50. The number of nitrogens with one attached hydrogen (secondary N) is 2. The summed E-state index contributed by atoms with van der Waals surface area (Å²) in [5.41, 5.74) is 0.605. The van der Waals surface area contributed by atoms with Gasteiger partial charge in [-0.25, -0.2) is 0 Å². The summed E-state index contributed by atoms with van der Waals surface area (Å²) in [6.07, 6.45) is -2.19. The highest BCUT2D eigenvalue weighted by Crippen LogP contribution is 2.23. The van der Waals surface area contributed by atoms with E-state index < -0.39 is 6.36 Å². The smallest absolute Gasteiger partial charge is 0.406 e. The molecule has 0 aliphatic carbocycles. The Bertz CT molecular complexity index is 487. The fraction of sp³-hybridized carbons (Fsp3) is 0.500. The maximum Gasteiger partial charge on any atom is 0.573 e. The standard InChI is InChI=1S/C14H18F3N3OS/c15-14(16,17)21-12-5-3-11(4-6-12)19-13(22)18-7-10-20-8-1-2-9-20/h3-6H,1-2,7-10H2,(H2,18,19,22). The van der Waals surface area contributed by atoms with Crippen LogP contribution in [-0.2, 0) is 0 Å². The first-order chi connectivity index (χ1) is 10.4. The molecule has 0 aromatic heterocycles. The van der Waals surface area contributed by atoms with E-state index in [1.54, 1.807) is 0 Å². The van der Waals surface area contributed by atoms with Crippen molar-refractivity contribution >= 4 is 23.0 Å². The van der Waals surface area contributed by atoms with E-state index in [4.69, 9.17) is 12.2 Å². The van der Waals surface area contributed by atoms with Gasteiger partial charge >= 0.3 is 6.36 Å². The molecule has 0 spiro atoms. The molecule has 0 bridgehead atoms. The minimum Gasteiger partial charge on any atom is -0.406 e. The SMILES string of the molecule is FC(F)(F)Oc1ccc(NC(=S)NCCN2CCCC2)cc1. The van der Waals surface area contributed by atoms with Gasteiger partial charge in [-0.3, -0.25) is 0 Å². The average molecular weight is 333 g/mol. The van der Waals surface area contributed by atoms with Crippen LogP contribution >= 0.6 is 12.2 Å². The molecule has 1 fully saturated rings. The lowest BCUT2D eigenvalue weighted by atomic mass is 10.3. The molecule has 0 amide bonds. The number of benzene rings is 1. The summed E-state index contributed by atoms with van der Waals surface area (Å²) >= 11 is 5.14. The van der Waals surface area contributed by atoms with Crippen LogP contribution in [0.25, 0.3) is 0 Å². The Morgan fingerprint density at radius 2 is 1.82 bits per heavy atom. The predicted octanol–water partition coefficient (Wildman–Crippen LogP) is 2.97. The second kappa shape index (κ2) is 7.64. The molecule has 0 atom stereocenters. The summed E-state index contributed by atoms with van der Waals surface area (Å²) < 4.78 is 39.9. The van der Waals surface area contributed by atoms with Gasteiger partial charge in [0, 0.05) is 18.8 Å². The number of likely N-dealkylation sites (tertiary alicyclic amines) is 1. The normalized spacial score (nSPS) is 15.6. The Labute approximate surface area is 132 Å². The Balaban J connectivity index is 1.71. The maximum atomic E-state index is 12.0. The van der Waals surface area contributed by atoms with Crippen molar-refractivity contribution in [3.63, 3.8) is 0 Å². The summed E-state index contributed by atoms with van der Waals surface area (Å²) in [4.78, 5) is 2.36. The number of hydrogen-bond acceptors (Lipinski definition) is 3. The van der Waals surface area contributed by atoms with Gasteiger partial charge in [0.1, 0.15) is 5.75 Å². The molecule has 22 heavy (non-hydrogen) atoms. The molecule has 0 unspecified atom stereocenters. The van der Waals surface area contributed by atoms with Crippen LogP contribution in [0.2, 0.25) is 0 Å². The number of halogens is 3. The number of hydrogen-bond donors (Lipinski definition) is 2. The number of anilines is 1. The van der Waals surface area contributed by atoms with Gasteiger partial charge in [0.25, 0.3) is 0 Å². The summed E-state index contributed by atoms with van der Waals surface area (Å²) in [6, 6.07) is 5.44. The first-order valence-electron chi connectivity index (χ1n) is 7.05. The first kappa shape index (κ1) is 16.8. The van der Waals surface area contributed by atoms with Crippen LogP contribution in [-0.4, -0.2) is 42.6 Å². The molecule has 1 aliphatic rings. The first-order valence-corrected chi connectivity index (χ1v) is 7.46. The molecule has 1 saturated heterocycles. The van der Waals surface area contributed by atoms with Crippen LogP contribution in [0.1, 0.15) is 12.8 Å². The van der Waals surface area contributed by atoms with Gasteiger partial charge in [-0.05, 0) is 62.4 Å². The lowest BCUT2D eigenvalue weighted by Crippen LogP contribution is -2.35. The van der Waals surface area contributed by atoms with Crippen LogP contribution in [0.15, 0.2) is 24.3 Å². The van der Waals surface area contributed by atoms with Gasteiger partial charge in [-0.1, -0.05) is 0 Å². The number of nitrogens with zero attached hydrogens (tertiary/aromatic N) is 1. The maximum absolute atomic E-state index is 12.0. The molecule has 122 valence electrons. The summed E-state index contributed by atoms with van der Waals surface area (Å²) in [7, 11) is 0. The monoisotopic (exact) mass is 333 g/mol. The largest absolute Gasteiger partial charge is 0.573 e. The van der Waals surface area contributed by atoms with Gasteiger partial charge in [0.05, 0.1) is 0 Å². The molecule has 2 rings (SSSR count). The Morgan fingerprint density at radius 1 is 1.18 bits per heavy atom. The van der Waals surface area contributed by atoms with Crippen molar-refractivity contribution in [3.8, 4) is 5.75 Å². The van der Waals surface area contributed by atoms with E-state index in [0.29, 0.717) is 10.8 Å². The molecule has 1 aromatic carbocycles. The molecule has 1 heterocycles. The van der Waals surface area contributed by atoms with E-state index in [-0.39, 0.29) is 5.75 Å². The zero-order chi connectivity index (χ0) is 16.0. The van der Waals surface area contributed by atoms with E-state index in [1.165, 1.54) is 37.1 Å². The zero-order valence-corrected chi connectivity index (χ0v) is 12.8. The molecule has 0 saturated carbocycles. The minimum absolute atomic E-state index is 0.258. The number of ether oxygens (including phenoxy) is 1. The van der Waals surface area contributed by atoms with Crippen molar-refractivity contribution in [3.05, 3.63) is 24.3 Å². The molecule has 8 heteroatoms. The van der Waals surface area contributed by atoms with Crippen LogP contribution in [0.5, 0.6) is 5.75 Å². The molecule has 1 aromatic rings. The fourth-order valence-electron chi connectivity index (χ4n) is 2.25. The number of thiocarbonyl (C=S) groups is 1. The lowest BCUT2D eigenvalue weighted by molar-refractivity contribution is -0.274. The summed E-state index contributed by atoms with van der Waals surface area (Å²) in [6.45, 7) is 3.92. The van der Waals surface area contributed by atoms with Gasteiger partial charge in [0.2, 0.25) is 0 Å².